The quantitative estimate of drug-likeness (QED) is 0.783. The molecule has 106 valence electrons. The minimum absolute atomic E-state index is 0.00847. The molecular formula is C15H23NO2S. The molecule has 0 amide bonds. The third-order valence-corrected chi connectivity index (χ3v) is 3.52. The van der Waals surface area contributed by atoms with E-state index in [1.807, 2.05) is 20.8 Å². The minimum atomic E-state index is -0.00847. The topological polar surface area (TPSA) is 30.8 Å². The summed E-state index contributed by atoms with van der Waals surface area (Å²) in [5.41, 5.74) is 1.16. The maximum atomic E-state index is 5.75. The third kappa shape index (κ3) is 4.25. The van der Waals surface area contributed by atoms with Crippen molar-refractivity contribution in [2.24, 2.45) is 4.99 Å². The minimum Gasteiger partial charge on any atom is -0.471 e. The van der Waals surface area contributed by atoms with E-state index in [-0.39, 0.29) is 12.1 Å². The first kappa shape index (κ1) is 16.1. The van der Waals surface area contributed by atoms with E-state index in [0.717, 1.165) is 11.5 Å². The zero-order valence-electron chi connectivity index (χ0n) is 12.3. The van der Waals surface area contributed by atoms with Crippen molar-refractivity contribution in [2.45, 2.75) is 37.8 Å². The smallest absolute Gasteiger partial charge is 0.181 e. The molecule has 0 N–H and O–H groups in total. The van der Waals surface area contributed by atoms with Crippen LogP contribution >= 0.6 is 11.8 Å². The number of thioether (sulfide) groups is 1. The normalized spacial score (nSPS) is 21.2. The predicted molar refractivity (Wildman–Crippen MR) is 82.2 cm³/mol. The number of hydrogen-bond acceptors (Lipinski definition) is 4. The van der Waals surface area contributed by atoms with Crippen molar-refractivity contribution >= 4 is 17.7 Å². The highest BCUT2D eigenvalue weighted by Gasteiger charge is 2.30. The summed E-state index contributed by atoms with van der Waals surface area (Å²) in [4.78, 5) is 5.70. The molecule has 19 heavy (non-hydrogen) atoms. The van der Waals surface area contributed by atoms with Gasteiger partial charge in [-0.3, -0.25) is 0 Å². The van der Waals surface area contributed by atoms with Gasteiger partial charge in [-0.15, -0.1) is 11.8 Å². The molecule has 0 unspecified atom stereocenters. The number of aliphatic imine (C=N–C) groups is 1. The molecule has 0 fully saturated rings. The highest BCUT2D eigenvalue weighted by atomic mass is 32.2. The second-order valence-corrected chi connectivity index (χ2v) is 4.86. The molecule has 2 atom stereocenters. The van der Waals surface area contributed by atoms with Gasteiger partial charge in [0.25, 0.3) is 0 Å². The second kappa shape index (κ2) is 8.23. The predicted octanol–water partition coefficient (Wildman–Crippen LogP) is 3.94. The molecule has 0 saturated carbocycles. The molecule has 0 spiro atoms. The molecule has 2 rings (SSSR count). The van der Waals surface area contributed by atoms with Gasteiger partial charge in [0, 0.05) is 18.9 Å². The standard InChI is InChI=1S/C13H17NO2S.C2H6/c1-9-14-12(8-15-2)13(16-9)10-4-6-11(17-3)7-5-10;1-2/h4-7,12-13H,8H2,1-3H3;1-2H3/t12-,13-;/m0./s1. The Morgan fingerprint density at radius 3 is 2.42 bits per heavy atom. The van der Waals surface area contributed by atoms with Crippen molar-refractivity contribution in [3.63, 3.8) is 0 Å². The monoisotopic (exact) mass is 281 g/mol. The van der Waals surface area contributed by atoms with E-state index in [4.69, 9.17) is 9.47 Å². The zero-order chi connectivity index (χ0) is 14.3. The summed E-state index contributed by atoms with van der Waals surface area (Å²) < 4.78 is 10.9. The lowest BCUT2D eigenvalue weighted by Crippen LogP contribution is -2.19. The Balaban J connectivity index is 0.000000861. The van der Waals surface area contributed by atoms with Crippen LogP contribution < -0.4 is 0 Å². The van der Waals surface area contributed by atoms with Crippen molar-refractivity contribution in [1.29, 1.82) is 0 Å². The van der Waals surface area contributed by atoms with E-state index in [9.17, 15) is 0 Å². The Hall–Kier alpha value is -1.00. The SMILES string of the molecule is CC.COC[C@@H]1N=C(C)O[C@H]1c1ccc(SC)cc1. The summed E-state index contributed by atoms with van der Waals surface area (Å²) >= 11 is 1.74. The van der Waals surface area contributed by atoms with Gasteiger partial charge in [-0.2, -0.15) is 0 Å². The van der Waals surface area contributed by atoms with E-state index in [0.29, 0.717) is 6.61 Å². The molecule has 0 radical (unpaired) electrons. The van der Waals surface area contributed by atoms with E-state index in [1.54, 1.807) is 18.9 Å². The van der Waals surface area contributed by atoms with E-state index >= 15 is 0 Å². The van der Waals surface area contributed by atoms with Crippen LogP contribution in [0, 0.1) is 0 Å². The molecular weight excluding hydrogens is 258 g/mol. The van der Waals surface area contributed by atoms with Gasteiger partial charge >= 0.3 is 0 Å². The van der Waals surface area contributed by atoms with Crippen LogP contribution in [0.1, 0.15) is 32.4 Å². The van der Waals surface area contributed by atoms with E-state index in [2.05, 4.69) is 35.5 Å². The average Bonchev–Trinajstić information content (AvgIpc) is 2.82. The molecule has 3 nitrogen and oxygen atoms in total. The maximum Gasteiger partial charge on any atom is 0.181 e. The average molecular weight is 281 g/mol. The first-order valence-corrected chi connectivity index (χ1v) is 7.81. The molecule has 0 aromatic heterocycles. The first-order valence-electron chi connectivity index (χ1n) is 6.58. The van der Waals surface area contributed by atoms with Crippen LogP contribution in [-0.4, -0.2) is 31.9 Å². The van der Waals surface area contributed by atoms with Gasteiger partial charge in [-0.05, 0) is 24.0 Å². The van der Waals surface area contributed by atoms with Crippen molar-refractivity contribution in [2.75, 3.05) is 20.0 Å². The van der Waals surface area contributed by atoms with Crippen molar-refractivity contribution in [3.8, 4) is 0 Å². The summed E-state index contributed by atoms with van der Waals surface area (Å²) in [7, 11) is 1.69. The fourth-order valence-electron chi connectivity index (χ4n) is 1.97. The van der Waals surface area contributed by atoms with Crippen molar-refractivity contribution in [1.82, 2.24) is 0 Å². The van der Waals surface area contributed by atoms with Gasteiger partial charge in [0.2, 0.25) is 0 Å². The van der Waals surface area contributed by atoms with Crippen molar-refractivity contribution in [3.05, 3.63) is 29.8 Å². The van der Waals surface area contributed by atoms with E-state index in [1.165, 1.54) is 4.90 Å². The van der Waals surface area contributed by atoms with Gasteiger partial charge in [-0.25, -0.2) is 4.99 Å². The van der Waals surface area contributed by atoms with Crippen LogP contribution in [-0.2, 0) is 9.47 Å². The van der Waals surface area contributed by atoms with Crippen LogP contribution in [0.2, 0.25) is 0 Å². The summed E-state index contributed by atoms with van der Waals surface area (Å²) in [6, 6.07) is 8.50. The number of methoxy groups -OCH3 is 1. The number of ether oxygens (including phenoxy) is 2. The van der Waals surface area contributed by atoms with Crippen LogP contribution in [0.3, 0.4) is 0 Å². The van der Waals surface area contributed by atoms with Gasteiger partial charge in [0.15, 0.2) is 5.90 Å². The van der Waals surface area contributed by atoms with Gasteiger partial charge in [-0.1, -0.05) is 26.0 Å². The fourth-order valence-corrected chi connectivity index (χ4v) is 2.38. The van der Waals surface area contributed by atoms with Gasteiger partial charge in [0.05, 0.1) is 6.61 Å². The molecule has 0 aliphatic carbocycles. The number of nitrogens with zero attached hydrogens (tertiary/aromatic N) is 1. The molecule has 1 aliphatic rings. The Labute approximate surface area is 120 Å². The molecule has 1 heterocycles. The van der Waals surface area contributed by atoms with Crippen LogP contribution in [0.4, 0.5) is 0 Å². The largest absolute Gasteiger partial charge is 0.471 e. The van der Waals surface area contributed by atoms with Gasteiger partial charge < -0.3 is 9.47 Å². The molecule has 0 bridgehead atoms. The summed E-state index contributed by atoms with van der Waals surface area (Å²) in [6.07, 6.45) is 2.06. The molecule has 4 heteroatoms. The zero-order valence-corrected chi connectivity index (χ0v) is 13.2. The molecule has 0 saturated heterocycles. The Bertz CT molecular complexity index is 403. The fraction of sp³-hybridized carbons (Fsp3) is 0.533. The third-order valence-electron chi connectivity index (χ3n) is 2.78. The number of rotatable bonds is 4. The Morgan fingerprint density at radius 1 is 1.26 bits per heavy atom. The Kier molecular flexibility index (Phi) is 6.95. The van der Waals surface area contributed by atoms with Crippen LogP contribution in [0.15, 0.2) is 34.2 Å². The lowest BCUT2D eigenvalue weighted by atomic mass is 10.0. The highest BCUT2D eigenvalue weighted by Crippen LogP contribution is 2.30. The molecule has 1 aromatic rings. The lowest BCUT2D eigenvalue weighted by Gasteiger charge is -2.17. The lowest BCUT2D eigenvalue weighted by molar-refractivity contribution is 0.119. The van der Waals surface area contributed by atoms with Crippen molar-refractivity contribution < 1.29 is 9.47 Å². The maximum absolute atomic E-state index is 5.75. The van der Waals surface area contributed by atoms with Crippen LogP contribution in [0.5, 0.6) is 0 Å². The summed E-state index contributed by atoms with van der Waals surface area (Å²) in [5, 5.41) is 0. The van der Waals surface area contributed by atoms with Gasteiger partial charge in [0.1, 0.15) is 12.1 Å². The second-order valence-electron chi connectivity index (χ2n) is 3.98. The summed E-state index contributed by atoms with van der Waals surface area (Å²) in [6.45, 7) is 6.48. The molecule has 1 aliphatic heterocycles. The first-order chi connectivity index (χ1) is 9.24. The number of benzene rings is 1. The Morgan fingerprint density at radius 2 is 1.89 bits per heavy atom. The highest BCUT2D eigenvalue weighted by molar-refractivity contribution is 7.98. The number of hydrogen-bond donors (Lipinski definition) is 0. The van der Waals surface area contributed by atoms with Crippen LogP contribution in [0.25, 0.3) is 0 Å². The summed E-state index contributed by atoms with van der Waals surface area (Å²) in [5.74, 6) is 0.742. The van der Waals surface area contributed by atoms with E-state index < -0.39 is 0 Å². The molecule has 1 aromatic carbocycles.